The number of aromatic nitrogens is 3. The lowest BCUT2D eigenvalue weighted by Gasteiger charge is -2.12. The molecule has 0 bridgehead atoms. The van der Waals surface area contributed by atoms with Crippen LogP contribution in [-0.2, 0) is 17.4 Å². The molecule has 3 aromatic carbocycles. The van der Waals surface area contributed by atoms with E-state index in [1.54, 1.807) is 22.9 Å². The molecule has 11 heteroatoms. The van der Waals surface area contributed by atoms with Crippen molar-refractivity contribution in [3.05, 3.63) is 106 Å². The highest BCUT2D eigenvalue weighted by Gasteiger charge is 2.33. The van der Waals surface area contributed by atoms with Gasteiger partial charge in [-0.3, -0.25) is 0 Å². The second-order valence-corrected chi connectivity index (χ2v) is 11.4. The Kier molecular flexibility index (Phi) is 6.87. The highest BCUT2D eigenvalue weighted by molar-refractivity contribution is 7.82. The van der Waals surface area contributed by atoms with E-state index >= 15 is 4.39 Å². The SMILES string of the molecule is NS(=O)c1ccc(Cc2c(C3CC3)nn(-c3nc(C(=O)O)cs3)c2-c2cccc(-c3cccc(F)c3)c2)c(F)c1. The van der Waals surface area contributed by atoms with Crippen molar-refractivity contribution in [3.63, 3.8) is 0 Å². The molecule has 0 radical (unpaired) electrons. The van der Waals surface area contributed by atoms with Crippen molar-refractivity contribution in [2.45, 2.75) is 30.1 Å². The van der Waals surface area contributed by atoms with Crippen LogP contribution in [0.4, 0.5) is 8.78 Å². The zero-order chi connectivity index (χ0) is 28.0. The first-order valence-corrected chi connectivity index (χ1v) is 14.5. The second-order valence-electron chi connectivity index (χ2n) is 9.54. The van der Waals surface area contributed by atoms with Crippen LogP contribution in [-0.4, -0.2) is 30.0 Å². The number of nitrogens with zero attached hydrogens (tertiary/aromatic N) is 3. The number of hydrogen-bond acceptors (Lipinski definition) is 5. The van der Waals surface area contributed by atoms with Crippen LogP contribution in [0, 0.1) is 11.6 Å². The van der Waals surface area contributed by atoms with Gasteiger partial charge in [-0.05, 0) is 59.9 Å². The number of halogens is 2. The molecule has 1 aliphatic carbocycles. The largest absolute Gasteiger partial charge is 0.476 e. The van der Waals surface area contributed by atoms with Gasteiger partial charge in [0.05, 0.1) is 16.3 Å². The molecule has 1 unspecified atom stereocenters. The fourth-order valence-electron chi connectivity index (χ4n) is 4.72. The predicted molar refractivity (Wildman–Crippen MR) is 149 cm³/mol. The maximum atomic E-state index is 15.2. The Balaban J connectivity index is 1.55. The van der Waals surface area contributed by atoms with Crippen molar-refractivity contribution in [1.82, 2.24) is 14.8 Å². The molecule has 7 nitrogen and oxygen atoms in total. The minimum Gasteiger partial charge on any atom is -0.476 e. The lowest BCUT2D eigenvalue weighted by Crippen LogP contribution is -2.05. The minimum absolute atomic E-state index is 0.0964. The third-order valence-corrected chi connectivity index (χ3v) is 8.32. The summed E-state index contributed by atoms with van der Waals surface area (Å²) >= 11 is 1.15. The smallest absolute Gasteiger partial charge is 0.355 e. The summed E-state index contributed by atoms with van der Waals surface area (Å²) in [7, 11) is -1.81. The summed E-state index contributed by atoms with van der Waals surface area (Å²) < 4.78 is 42.5. The Hall–Kier alpha value is -4.06. The molecule has 0 saturated heterocycles. The van der Waals surface area contributed by atoms with Gasteiger partial charge in [-0.25, -0.2) is 32.6 Å². The lowest BCUT2D eigenvalue weighted by atomic mass is 9.95. The van der Waals surface area contributed by atoms with E-state index in [1.165, 1.54) is 23.6 Å². The van der Waals surface area contributed by atoms with Gasteiger partial charge in [0.15, 0.2) is 5.69 Å². The zero-order valence-corrected chi connectivity index (χ0v) is 22.5. The number of thiazole rings is 1. The van der Waals surface area contributed by atoms with Crippen molar-refractivity contribution in [3.8, 4) is 27.5 Å². The van der Waals surface area contributed by atoms with Crippen LogP contribution in [0.5, 0.6) is 0 Å². The number of hydrogen-bond donors (Lipinski definition) is 2. The number of carbonyl (C=O) groups is 1. The van der Waals surface area contributed by atoms with Crippen LogP contribution in [0.15, 0.2) is 77.0 Å². The van der Waals surface area contributed by atoms with Gasteiger partial charge in [0.1, 0.15) is 22.6 Å². The van der Waals surface area contributed by atoms with E-state index in [2.05, 4.69) is 4.98 Å². The van der Waals surface area contributed by atoms with E-state index in [1.807, 2.05) is 30.3 Å². The van der Waals surface area contributed by atoms with Gasteiger partial charge in [0.25, 0.3) is 0 Å². The van der Waals surface area contributed by atoms with E-state index < -0.39 is 22.8 Å². The summed E-state index contributed by atoms with van der Waals surface area (Å²) in [6, 6.07) is 18.1. The van der Waals surface area contributed by atoms with Crippen LogP contribution < -0.4 is 5.14 Å². The summed E-state index contributed by atoms with van der Waals surface area (Å²) in [5, 5.41) is 21.6. The number of aromatic carboxylic acids is 1. The third-order valence-electron chi connectivity index (χ3n) is 6.79. The normalized spacial score (nSPS) is 13.9. The Morgan fingerprint density at radius 1 is 1.05 bits per heavy atom. The topological polar surface area (TPSA) is 111 Å². The van der Waals surface area contributed by atoms with Crippen LogP contribution in [0.3, 0.4) is 0 Å². The van der Waals surface area contributed by atoms with Crippen molar-refractivity contribution < 1.29 is 22.9 Å². The van der Waals surface area contributed by atoms with Crippen LogP contribution >= 0.6 is 11.3 Å². The third kappa shape index (κ3) is 5.10. The van der Waals surface area contributed by atoms with E-state index in [0.717, 1.165) is 46.6 Å². The molecule has 5 aromatic rings. The van der Waals surface area contributed by atoms with Crippen LogP contribution in [0.1, 0.15) is 46.1 Å². The molecule has 2 aromatic heterocycles. The van der Waals surface area contributed by atoms with Crippen molar-refractivity contribution in [2.24, 2.45) is 5.14 Å². The molecule has 6 rings (SSSR count). The van der Waals surface area contributed by atoms with Gasteiger partial charge in [0.2, 0.25) is 5.13 Å². The van der Waals surface area contributed by atoms with Crippen LogP contribution in [0.25, 0.3) is 27.5 Å². The van der Waals surface area contributed by atoms with Crippen molar-refractivity contribution >= 4 is 28.3 Å². The fraction of sp³-hybridized carbons (Fsp3) is 0.138. The van der Waals surface area contributed by atoms with Gasteiger partial charge in [-0.15, -0.1) is 11.3 Å². The maximum absolute atomic E-state index is 15.2. The van der Waals surface area contributed by atoms with Gasteiger partial charge >= 0.3 is 5.97 Å². The van der Waals surface area contributed by atoms with Gasteiger partial charge in [-0.2, -0.15) is 5.10 Å². The highest BCUT2D eigenvalue weighted by atomic mass is 32.2. The number of carboxylic acids is 1. The Morgan fingerprint density at radius 3 is 2.42 bits per heavy atom. The number of nitrogens with two attached hydrogens (primary N) is 1. The predicted octanol–water partition coefficient (Wildman–Crippen LogP) is 6.09. The molecular weight excluding hydrogens is 554 g/mol. The number of carboxylic acid groups (broad SMARTS) is 1. The van der Waals surface area contributed by atoms with Gasteiger partial charge < -0.3 is 5.11 Å². The zero-order valence-electron chi connectivity index (χ0n) is 20.9. The monoisotopic (exact) mass is 576 g/mol. The summed E-state index contributed by atoms with van der Waals surface area (Å²) in [6.45, 7) is 0. The standard InChI is InChI=1S/C29H22F2N4O3S2/c30-21-6-2-4-18(12-21)17-3-1-5-20(11-17)27-23(13-19-9-10-22(40(32)38)14-24(19)31)26(16-7-8-16)34-35(27)29-33-25(15-39-29)28(36)37/h1-6,9-12,14-16H,7-8,13,32H2,(H,36,37). The molecule has 1 atom stereocenters. The highest BCUT2D eigenvalue weighted by Crippen LogP contribution is 2.45. The van der Waals surface area contributed by atoms with Crippen LogP contribution in [0.2, 0.25) is 0 Å². The Bertz CT molecular complexity index is 1800. The average molecular weight is 577 g/mol. The fourth-order valence-corrected chi connectivity index (χ4v) is 5.90. The molecule has 0 aliphatic heterocycles. The first-order valence-electron chi connectivity index (χ1n) is 12.4. The summed E-state index contributed by atoms with van der Waals surface area (Å²) in [6.07, 6.45) is 2.04. The Labute approximate surface area is 234 Å². The van der Waals surface area contributed by atoms with Crippen molar-refractivity contribution in [1.29, 1.82) is 0 Å². The van der Waals surface area contributed by atoms with E-state index in [0.29, 0.717) is 22.0 Å². The maximum Gasteiger partial charge on any atom is 0.355 e. The minimum atomic E-state index is -1.81. The summed E-state index contributed by atoms with van der Waals surface area (Å²) in [5.41, 5.74) is 4.71. The molecule has 0 spiro atoms. The van der Waals surface area contributed by atoms with E-state index in [4.69, 9.17) is 10.2 Å². The number of rotatable bonds is 8. The first kappa shape index (κ1) is 26.2. The first-order chi connectivity index (χ1) is 19.3. The molecule has 202 valence electrons. The Morgan fingerprint density at radius 2 is 1.77 bits per heavy atom. The molecule has 3 N–H and O–H groups in total. The van der Waals surface area contributed by atoms with E-state index in [9.17, 15) is 18.5 Å². The molecule has 0 amide bonds. The molecule has 40 heavy (non-hydrogen) atoms. The summed E-state index contributed by atoms with van der Waals surface area (Å²) in [4.78, 5) is 16.1. The quantitative estimate of drug-likeness (QED) is 0.232. The lowest BCUT2D eigenvalue weighted by molar-refractivity contribution is 0.0691. The van der Waals surface area contributed by atoms with Gasteiger partial charge in [0, 0.05) is 28.8 Å². The molecule has 1 fully saturated rings. The van der Waals surface area contributed by atoms with Gasteiger partial charge in [-0.1, -0.05) is 36.4 Å². The number of benzene rings is 3. The molecule has 1 saturated carbocycles. The van der Waals surface area contributed by atoms with Crippen molar-refractivity contribution in [2.75, 3.05) is 0 Å². The molecule has 2 heterocycles. The van der Waals surface area contributed by atoms with E-state index in [-0.39, 0.29) is 28.7 Å². The summed E-state index contributed by atoms with van der Waals surface area (Å²) in [5.74, 6) is -1.86. The molecule has 1 aliphatic rings. The second kappa shape index (κ2) is 10.5. The average Bonchev–Trinajstić information content (AvgIpc) is 3.53. The molecular formula is C29H22F2N4O3S2.